The van der Waals surface area contributed by atoms with Gasteiger partial charge in [0.25, 0.3) is 0 Å². The average molecular weight is 330 g/mol. The highest BCUT2D eigenvalue weighted by Crippen LogP contribution is 2.61. The Morgan fingerprint density at radius 1 is 1.22 bits per heavy atom. The average Bonchev–Trinajstić information content (AvgIpc) is 3.09. The van der Waals surface area contributed by atoms with Crippen LogP contribution in [-0.2, 0) is 16.4 Å². The van der Waals surface area contributed by atoms with Crippen LogP contribution in [-0.4, -0.2) is 24.8 Å². The van der Waals surface area contributed by atoms with Crippen molar-refractivity contribution < 1.29 is 8.42 Å². The molecule has 4 nitrogen and oxygen atoms in total. The third-order valence-electron chi connectivity index (χ3n) is 6.05. The minimum absolute atomic E-state index is 0.0561. The molecule has 0 N–H and O–H groups in total. The van der Waals surface area contributed by atoms with Crippen LogP contribution in [0.15, 0.2) is 29.2 Å². The Bertz CT molecular complexity index is 744. The fourth-order valence-electron chi connectivity index (χ4n) is 4.78. The van der Waals surface area contributed by atoms with E-state index < -0.39 is 10.0 Å². The third-order valence-corrected chi connectivity index (χ3v) is 8.01. The van der Waals surface area contributed by atoms with Crippen LogP contribution < -0.4 is 0 Å². The first-order valence-electron chi connectivity index (χ1n) is 8.57. The molecule has 3 aliphatic rings. The number of sulfonamides is 1. The van der Waals surface area contributed by atoms with Crippen LogP contribution >= 0.6 is 0 Å². The van der Waals surface area contributed by atoms with Gasteiger partial charge >= 0.3 is 0 Å². The maximum Gasteiger partial charge on any atom is 0.243 e. The molecule has 0 unspecified atom stereocenters. The van der Waals surface area contributed by atoms with Gasteiger partial charge in [-0.15, -0.1) is 0 Å². The summed E-state index contributed by atoms with van der Waals surface area (Å²) in [4.78, 5) is 0.407. The molecule has 0 bridgehead atoms. The van der Waals surface area contributed by atoms with E-state index in [-0.39, 0.29) is 5.54 Å². The Kier molecular flexibility index (Phi) is 3.51. The molecule has 1 heterocycles. The van der Waals surface area contributed by atoms with Crippen molar-refractivity contribution in [3.05, 3.63) is 29.8 Å². The quantitative estimate of drug-likeness (QED) is 0.852. The minimum Gasteiger partial charge on any atom is -0.207 e. The molecule has 1 aromatic carbocycles. The lowest BCUT2D eigenvalue weighted by Gasteiger charge is -2.27. The van der Waals surface area contributed by atoms with Crippen molar-refractivity contribution in [2.24, 2.45) is 11.8 Å². The molecule has 3 fully saturated rings. The zero-order valence-electron chi connectivity index (χ0n) is 13.2. The number of rotatable bonds is 4. The Morgan fingerprint density at radius 2 is 1.96 bits per heavy atom. The predicted molar refractivity (Wildman–Crippen MR) is 87.1 cm³/mol. The first-order chi connectivity index (χ1) is 11.1. The molecule has 1 spiro atoms. The van der Waals surface area contributed by atoms with E-state index in [9.17, 15) is 8.42 Å². The number of benzene rings is 1. The lowest BCUT2D eigenvalue weighted by molar-refractivity contribution is 0.308. The van der Waals surface area contributed by atoms with Crippen LogP contribution in [0.3, 0.4) is 0 Å². The van der Waals surface area contributed by atoms with E-state index in [0.29, 0.717) is 36.1 Å². The van der Waals surface area contributed by atoms with Crippen molar-refractivity contribution in [1.82, 2.24) is 4.31 Å². The Morgan fingerprint density at radius 3 is 2.61 bits per heavy atom. The van der Waals surface area contributed by atoms with E-state index in [1.807, 2.05) is 16.4 Å². The molecule has 2 atom stereocenters. The second-order valence-corrected chi connectivity index (χ2v) is 9.10. The Labute approximate surface area is 138 Å². The number of hydrogen-bond donors (Lipinski definition) is 0. The van der Waals surface area contributed by atoms with Gasteiger partial charge in [0, 0.05) is 18.5 Å². The van der Waals surface area contributed by atoms with Gasteiger partial charge in [-0.25, -0.2) is 8.42 Å². The number of nitrogens with zero attached hydrogens (tertiary/aromatic N) is 2. The van der Waals surface area contributed by atoms with Crippen LogP contribution in [0.1, 0.15) is 44.1 Å². The van der Waals surface area contributed by atoms with E-state index in [1.54, 1.807) is 12.1 Å². The van der Waals surface area contributed by atoms with Gasteiger partial charge in [0.2, 0.25) is 10.0 Å². The van der Waals surface area contributed by atoms with E-state index in [0.717, 1.165) is 18.4 Å². The van der Waals surface area contributed by atoms with Crippen LogP contribution in [0.2, 0.25) is 0 Å². The molecule has 2 saturated carbocycles. The molecule has 2 aliphatic carbocycles. The smallest absolute Gasteiger partial charge is 0.207 e. The van der Waals surface area contributed by atoms with Gasteiger partial charge < -0.3 is 0 Å². The minimum atomic E-state index is -3.39. The second-order valence-electron chi connectivity index (χ2n) is 7.24. The van der Waals surface area contributed by atoms with Crippen molar-refractivity contribution in [3.8, 4) is 6.07 Å². The summed E-state index contributed by atoms with van der Waals surface area (Å²) in [6.07, 6.45) is 6.86. The van der Waals surface area contributed by atoms with Gasteiger partial charge in [-0.1, -0.05) is 18.6 Å². The molecule has 23 heavy (non-hydrogen) atoms. The van der Waals surface area contributed by atoms with E-state index >= 15 is 0 Å². The first-order valence-corrected chi connectivity index (χ1v) is 10.0. The maximum absolute atomic E-state index is 13.1. The maximum atomic E-state index is 13.1. The summed E-state index contributed by atoms with van der Waals surface area (Å²) in [6, 6.07) is 9.25. The molecule has 5 heteroatoms. The number of nitriles is 1. The normalized spacial score (nSPS) is 28.7. The molecule has 1 aliphatic heterocycles. The van der Waals surface area contributed by atoms with Crippen molar-refractivity contribution in [2.75, 3.05) is 6.54 Å². The van der Waals surface area contributed by atoms with Crippen molar-refractivity contribution >= 4 is 10.0 Å². The summed E-state index contributed by atoms with van der Waals surface area (Å²) in [6.45, 7) is 0.711. The molecule has 1 aromatic rings. The van der Waals surface area contributed by atoms with Crippen molar-refractivity contribution in [3.63, 3.8) is 0 Å². The fourth-order valence-corrected chi connectivity index (χ4v) is 6.70. The molecular formula is C18H22N2O2S. The predicted octanol–water partition coefficient (Wildman–Crippen LogP) is 3.10. The molecule has 0 amide bonds. The number of hydrogen-bond acceptors (Lipinski definition) is 3. The summed E-state index contributed by atoms with van der Waals surface area (Å²) in [7, 11) is -3.39. The lowest BCUT2D eigenvalue weighted by atomic mass is 9.92. The summed E-state index contributed by atoms with van der Waals surface area (Å²) < 4.78 is 28.1. The SMILES string of the molecule is N#CCCc1ccc(S(=O)(=O)N2C[C@@H]3CCC[C@@H]3C23CC3)cc1. The Balaban J connectivity index is 1.60. The van der Waals surface area contributed by atoms with Gasteiger partial charge in [0.1, 0.15) is 0 Å². The van der Waals surface area contributed by atoms with E-state index in [1.165, 1.54) is 19.3 Å². The van der Waals surface area contributed by atoms with Gasteiger partial charge in [0.05, 0.1) is 11.0 Å². The highest BCUT2D eigenvalue weighted by molar-refractivity contribution is 7.89. The fraction of sp³-hybridized carbons (Fsp3) is 0.611. The topological polar surface area (TPSA) is 61.2 Å². The van der Waals surface area contributed by atoms with Crippen LogP contribution in [0.5, 0.6) is 0 Å². The zero-order chi connectivity index (χ0) is 16.1. The highest BCUT2D eigenvalue weighted by atomic mass is 32.2. The Hall–Kier alpha value is -1.38. The van der Waals surface area contributed by atoms with Gasteiger partial charge in [-0.3, -0.25) is 0 Å². The highest BCUT2D eigenvalue weighted by Gasteiger charge is 2.65. The molecular weight excluding hydrogens is 308 g/mol. The molecule has 4 rings (SSSR count). The number of aryl methyl sites for hydroxylation is 1. The molecule has 1 saturated heterocycles. The van der Waals surface area contributed by atoms with Crippen molar-refractivity contribution in [2.45, 2.75) is 55.4 Å². The molecule has 122 valence electrons. The summed E-state index contributed by atoms with van der Waals surface area (Å²) >= 11 is 0. The van der Waals surface area contributed by atoms with E-state index in [2.05, 4.69) is 6.07 Å². The van der Waals surface area contributed by atoms with Crippen LogP contribution in [0.4, 0.5) is 0 Å². The first kappa shape index (κ1) is 15.2. The number of fused-ring (bicyclic) bond motifs is 2. The van der Waals surface area contributed by atoms with Gasteiger partial charge in [-0.05, 0) is 61.6 Å². The standard InChI is InChI=1S/C18H22N2O2S/c19-12-2-3-14-6-8-16(9-7-14)23(21,22)20-13-15-4-1-5-17(15)18(20)10-11-18/h6-9,15,17H,1-5,10-11,13H2/t15-,17-/m0/s1. The van der Waals surface area contributed by atoms with Crippen LogP contribution in [0.25, 0.3) is 0 Å². The van der Waals surface area contributed by atoms with E-state index in [4.69, 9.17) is 5.26 Å². The zero-order valence-corrected chi connectivity index (χ0v) is 14.1. The second kappa shape index (κ2) is 5.32. The van der Waals surface area contributed by atoms with Crippen LogP contribution in [0, 0.1) is 23.2 Å². The van der Waals surface area contributed by atoms with Crippen molar-refractivity contribution in [1.29, 1.82) is 5.26 Å². The van der Waals surface area contributed by atoms with Gasteiger partial charge in [-0.2, -0.15) is 9.57 Å². The van der Waals surface area contributed by atoms with Gasteiger partial charge in [0.15, 0.2) is 0 Å². The largest absolute Gasteiger partial charge is 0.243 e. The monoisotopic (exact) mass is 330 g/mol. The summed E-state index contributed by atoms with van der Waals surface area (Å²) in [5.74, 6) is 1.16. The third kappa shape index (κ3) is 2.31. The molecule has 0 aromatic heterocycles. The molecule has 0 radical (unpaired) electrons. The summed E-state index contributed by atoms with van der Waals surface area (Å²) in [5, 5.41) is 8.65. The lowest BCUT2D eigenvalue weighted by Crippen LogP contribution is -2.39. The summed E-state index contributed by atoms with van der Waals surface area (Å²) in [5.41, 5.74) is 0.962.